The van der Waals surface area contributed by atoms with Crippen LogP contribution in [0.5, 0.6) is 0 Å². The summed E-state index contributed by atoms with van der Waals surface area (Å²) in [6, 6.07) is 13.2. The number of hydrogen-bond donors (Lipinski definition) is 1. The molecule has 0 spiro atoms. The van der Waals surface area contributed by atoms with Crippen molar-refractivity contribution < 1.29 is 22.5 Å². The van der Waals surface area contributed by atoms with E-state index in [4.69, 9.17) is 9.26 Å². The zero-order chi connectivity index (χ0) is 22.4. The van der Waals surface area contributed by atoms with Gasteiger partial charge in [-0.05, 0) is 35.7 Å². The fourth-order valence-corrected chi connectivity index (χ4v) is 3.68. The van der Waals surface area contributed by atoms with E-state index in [9.17, 15) is 13.2 Å². The van der Waals surface area contributed by atoms with E-state index in [1.165, 1.54) is 35.9 Å². The number of hydrogen-bond acceptors (Lipinski definition) is 7. The quantitative estimate of drug-likeness (QED) is 0.398. The Bertz CT molecular complexity index is 1150. The lowest BCUT2D eigenvalue weighted by atomic mass is 10.0. The number of rotatable bonds is 9. The molecule has 1 N–H and O–H groups in total. The van der Waals surface area contributed by atoms with Crippen molar-refractivity contribution in [2.75, 3.05) is 6.54 Å². The molecule has 0 bridgehead atoms. The molecule has 0 amide bonds. The first-order chi connectivity index (χ1) is 14.8. The summed E-state index contributed by atoms with van der Waals surface area (Å²) in [5.74, 6) is 0.350. The van der Waals surface area contributed by atoms with Gasteiger partial charge in [0.2, 0.25) is 15.8 Å². The van der Waals surface area contributed by atoms with E-state index in [1.54, 1.807) is 0 Å². The highest BCUT2D eigenvalue weighted by Crippen LogP contribution is 2.21. The Kier molecular flexibility index (Phi) is 6.98. The van der Waals surface area contributed by atoms with Crippen molar-refractivity contribution in [1.29, 1.82) is 0 Å². The van der Waals surface area contributed by atoms with E-state index in [1.807, 2.05) is 24.3 Å². The first kappa shape index (κ1) is 22.4. The lowest BCUT2D eigenvalue weighted by Gasteiger charge is -2.06. The van der Waals surface area contributed by atoms with Crippen molar-refractivity contribution in [2.45, 2.75) is 31.3 Å². The molecule has 31 heavy (non-hydrogen) atoms. The van der Waals surface area contributed by atoms with Gasteiger partial charge in [-0.1, -0.05) is 49.3 Å². The molecule has 0 saturated heterocycles. The van der Waals surface area contributed by atoms with Gasteiger partial charge in [-0.15, -0.1) is 6.58 Å². The standard InChI is InChI=1S/C22H23N3O5S/c1-4-13-23-31(27,28)19-11-9-18(10-12-19)22(26)29-14-20-24-21(25-30-20)17-7-5-16(6-8-17)15(2)3/h4-12,15,23H,1,13-14H2,2-3H3. The molecule has 0 fully saturated rings. The van der Waals surface area contributed by atoms with Crippen LogP contribution in [0, 0.1) is 0 Å². The van der Waals surface area contributed by atoms with Crippen LogP contribution in [0.15, 0.2) is 70.6 Å². The molecule has 1 aromatic heterocycles. The molecular weight excluding hydrogens is 418 g/mol. The van der Waals surface area contributed by atoms with E-state index in [2.05, 4.69) is 35.3 Å². The number of aromatic nitrogens is 2. The number of carbonyl (C=O) groups is 1. The highest BCUT2D eigenvalue weighted by molar-refractivity contribution is 7.89. The fourth-order valence-electron chi connectivity index (χ4n) is 2.68. The molecule has 3 aromatic rings. The van der Waals surface area contributed by atoms with Gasteiger partial charge in [-0.3, -0.25) is 0 Å². The minimum Gasteiger partial charge on any atom is -0.452 e. The molecule has 1 heterocycles. The lowest BCUT2D eigenvalue weighted by molar-refractivity contribution is 0.0429. The molecule has 162 valence electrons. The number of benzene rings is 2. The number of sulfonamides is 1. The topological polar surface area (TPSA) is 111 Å². The molecule has 3 rings (SSSR count). The number of nitrogens with one attached hydrogen (secondary N) is 1. The van der Waals surface area contributed by atoms with Gasteiger partial charge in [-0.25, -0.2) is 17.9 Å². The summed E-state index contributed by atoms with van der Waals surface area (Å²) in [6.45, 7) is 7.60. The van der Waals surface area contributed by atoms with Crippen molar-refractivity contribution in [3.05, 3.63) is 78.2 Å². The van der Waals surface area contributed by atoms with Crippen LogP contribution >= 0.6 is 0 Å². The molecule has 9 heteroatoms. The summed E-state index contributed by atoms with van der Waals surface area (Å²) < 4.78 is 36.8. The van der Waals surface area contributed by atoms with Gasteiger partial charge in [0.25, 0.3) is 5.89 Å². The Balaban J connectivity index is 1.60. The lowest BCUT2D eigenvalue weighted by Crippen LogP contribution is -2.23. The molecule has 0 unspecified atom stereocenters. The Morgan fingerprint density at radius 3 is 2.45 bits per heavy atom. The van der Waals surface area contributed by atoms with Gasteiger partial charge < -0.3 is 9.26 Å². The van der Waals surface area contributed by atoms with Gasteiger partial charge in [-0.2, -0.15) is 4.98 Å². The Hall–Kier alpha value is -3.30. The molecule has 0 aliphatic carbocycles. The van der Waals surface area contributed by atoms with Crippen molar-refractivity contribution in [3.8, 4) is 11.4 Å². The molecular formula is C22H23N3O5S. The fraction of sp³-hybridized carbons (Fsp3) is 0.227. The monoisotopic (exact) mass is 441 g/mol. The second kappa shape index (κ2) is 9.67. The maximum Gasteiger partial charge on any atom is 0.338 e. The average Bonchev–Trinajstić information content (AvgIpc) is 3.25. The summed E-state index contributed by atoms with van der Waals surface area (Å²) in [7, 11) is -3.66. The van der Waals surface area contributed by atoms with Crippen LogP contribution in [0.1, 0.15) is 41.6 Å². The van der Waals surface area contributed by atoms with Crippen LogP contribution in [-0.2, 0) is 21.4 Å². The molecule has 0 radical (unpaired) electrons. The van der Waals surface area contributed by atoms with Crippen molar-refractivity contribution in [2.24, 2.45) is 0 Å². The van der Waals surface area contributed by atoms with E-state index in [-0.39, 0.29) is 29.5 Å². The van der Waals surface area contributed by atoms with Crippen LogP contribution in [0.4, 0.5) is 0 Å². The maximum absolute atomic E-state index is 12.2. The summed E-state index contributed by atoms with van der Waals surface area (Å²) in [5.41, 5.74) is 2.20. The minimum atomic E-state index is -3.66. The third-order valence-corrected chi connectivity index (χ3v) is 5.89. The predicted octanol–water partition coefficient (Wildman–Crippen LogP) is 3.68. The van der Waals surface area contributed by atoms with Gasteiger partial charge in [0, 0.05) is 12.1 Å². The van der Waals surface area contributed by atoms with Crippen LogP contribution in [0.25, 0.3) is 11.4 Å². The summed E-state index contributed by atoms with van der Waals surface area (Å²) in [6.07, 6.45) is 1.44. The first-order valence-corrected chi connectivity index (χ1v) is 11.1. The largest absolute Gasteiger partial charge is 0.452 e. The molecule has 0 saturated carbocycles. The van der Waals surface area contributed by atoms with Gasteiger partial charge in [0.05, 0.1) is 10.5 Å². The smallest absolute Gasteiger partial charge is 0.338 e. The van der Waals surface area contributed by atoms with Crippen molar-refractivity contribution in [1.82, 2.24) is 14.9 Å². The van der Waals surface area contributed by atoms with Crippen LogP contribution in [-0.4, -0.2) is 31.1 Å². The molecule has 0 atom stereocenters. The normalized spacial score (nSPS) is 11.5. The third kappa shape index (κ3) is 5.65. The Morgan fingerprint density at radius 1 is 1.16 bits per heavy atom. The number of carbonyl (C=O) groups excluding carboxylic acids is 1. The van der Waals surface area contributed by atoms with Crippen molar-refractivity contribution >= 4 is 16.0 Å². The Morgan fingerprint density at radius 2 is 1.84 bits per heavy atom. The Labute approximate surface area is 181 Å². The second-order valence-corrected chi connectivity index (χ2v) is 8.80. The van der Waals surface area contributed by atoms with E-state index < -0.39 is 16.0 Å². The van der Waals surface area contributed by atoms with Gasteiger partial charge >= 0.3 is 5.97 Å². The van der Waals surface area contributed by atoms with Gasteiger partial charge in [0.15, 0.2) is 6.61 Å². The minimum absolute atomic E-state index is 0.0379. The maximum atomic E-state index is 12.2. The number of ether oxygens (including phenoxy) is 1. The first-order valence-electron chi connectivity index (χ1n) is 9.61. The number of nitrogens with zero attached hydrogens (tertiary/aromatic N) is 2. The summed E-state index contributed by atoms with van der Waals surface area (Å²) in [4.78, 5) is 16.5. The van der Waals surface area contributed by atoms with Crippen molar-refractivity contribution in [3.63, 3.8) is 0 Å². The average molecular weight is 442 g/mol. The molecule has 2 aromatic carbocycles. The molecule has 0 aliphatic heterocycles. The van der Waals surface area contributed by atoms with E-state index in [0.29, 0.717) is 11.7 Å². The molecule has 0 aliphatic rings. The summed E-state index contributed by atoms with van der Waals surface area (Å²) in [5, 5.41) is 3.92. The van der Waals surface area contributed by atoms with E-state index in [0.717, 1.165) is 5.56 Å². The summed E-state index contributed by atoms with van der Waals surface area (Å²) >= 11 is 0. The SMILES string of the molecule is C=CCNS(=O)(=O)c1ccc(C(=O)OCc2nc(-c3ccc(C(C)C)cc3)no2)cc1. The van der Waals surface area contributed by atoms with Gasteiger partial charge in [0.1, 0.15) is 0 Å². The zero-order valence-corrected chi connectivity index (χ0v) is 18.1. The molecule has 8 nitrogen and oxygen atoms in total. The predicted molar refractivity (Wildman–Crippen MR) is 115 cm³/mol. The zero-order valence-electron chi connectivity index (χ0n) is 17.2. The van der Waals surface area contributed by atoms with Crippen LogP contribution in [0.2, 0.25) is 0 Å². The van der Waals surface area contributed by atoms with E-state index >= 15 is 0 Å². The highest BCUT2D eigenvalue weighted by Gasteiger charge is 2.16. The van der Waals surface area contributed by atoms with Crippen LogP contribution in [0.3, 0.4) is 0 Å². The third-order valence-electron chi connectivity index (χ3n) is 4.45. The number of esters is 1. The highest BCUT2D eigenvalue weighted by atomic mass is 32.2. The van der Waals surface area contributed by atoms with Crippen LogP contribution < -0.4 is 4.72 Å². The second-order valence-electron chi connectivity index (χ2n) is 7.03.